The number of rotatable bonds is 5. The van der Waals surface area contributed by atoms with Crippen molar-refractivity contribution in [2.45, 2.75) is 13.0 Å². The minimum absolute atomic E-state index is 0.0497. The van der Waals surface area contributed by atoms with Gasteiger partial charge in [-0.2, -0.15) is 0 Å². The number of aromatic nitrogens is 1. The number of carbonyl (C=O) groups is 2. The third-order valence-corrected chi connectivity index (χ3v) is 4.37. The van der Waals surface area contributed by atoms with E-state index in [9.17, 15) is 14.7 Å². The number of aryl methyl sites for hydroxylation is 1. The van der Waals surface area contributed by atoms with Gasteiger partial charge in [-0.25, -0.2) is 0 Å². The molecule has 2 aromatic rings. The number of aliphatic hydroxyl groups is 1. The summed E-state index contributed by atoms with van der Waals surface area (Å²) in [6.45, 7) is 2.44. The predicted octanol–water partition coefficient (Wildman–Crippen LogP) is 2.46. The van der Waals surface area contributed by atoms with Crippen LogP contribution in [0.25, 0.3) is 5.76 Å². The molecule has 1 saturated heterocycles. The number of aliphatic hydroxyl groups excluding tert-OH is 1. The van der Waals surface area contributed by atoms with Crippen LogP contribution in [0.5, 0.6) is 0 Å². The van der Waals surface area contributed by atoms with Gasteiger partial charge in [-0.15, -0.1) is 0 Å². The van der Waals surface area contributed by atoms with Crippen LogP contribution in [0.15, 0.2) is 54.2 Å². The number of likely N-dealkylation sites (tertiary alicyclic amines) is 1. The van der Waals surface area contributed by atoms with Crippen LogP contribution in [0.4, 0.5) is 0 Å². The Labute approximate surface area is 151 Å². The lowest BCUT2D eigenvalue weighted by molar-refractivity contribution is -0.140. The summed E-state index contributed by atoms with van der Waals surface area (Å²) in [6.07, 6.45) is 1.59. The zero-order valence-electron chi connectivity index (χ0n) is 14.7. The van der Waals surface area contributed by atoms with Gasteiger partial charge in [-0.1, -0.05) is 35.9 Å². The molecule has 1 atom stereocenters. The van der Waals surface area contributed by atoms with Crippen molar-refractivity contribution in [3.05, 3.63) is 71.1 Å². The fourth-order valence-corrected chi connectivity index (χ4v) is 3.01. The van der Waals surface area contributed by atoms with Gasteiger partial charge < -0.3 is 14.7 Å². The monoisotopic (exact) mass is 352 g/mol. The van der Waals surface area contributed by atoms with E-state index in [0.717, 1.165) is 5.56 Å². The number of ether oxygens (including phenoxy) is 1. The van der Waals surface area contributed by atoms with Gasteiger partial charge in [0.2, 0.25) is 0 Å². The second-order valence-corrected chi connectivity index (χ2v) is 6.11. The second kappa shape index (κ2) is 7.49. The molecule has 1 aliphatic rings. The topological polar surface area (TPSA) is 79.7 Å². The second-order valence-electron chi connectivity index (χ2n) is 6.11. The standard InChI is InChI=1S/C20H20N2O4/c1-13-6-8-14(9-7-13)18(23)16-17(15-5-3-4-10-21-15)22(11-12-26-2)20(25)19(16)24/h3-10,17,23H,11-12H2,1-2H3/t17-/m1/s1. The van der Waals surface area contributed by atoms with Gasteiger partial charge in [-0.05, 0) is 19.1 Å². The van der Waals surface area contributed by atoms with Gasteiger partial charge in [0.15, 0.2) is 0 Å². The van der Waals surface area contributed by atoms with E-state index in [2.05, 4.69) is 4.98 Å². The number of ketones is 1. The van der Waals surface area contributed by atoms with E-state index in [1.807, 2.05) is 19.1 Å². The molecule has 1 N–H and O–H groups in total. The SMILES string of the molecule is COCCN1C(=O)C(=O)C(=C(O)c2ccc(C)cc2)[C@H]1c1ccccn1. The highest BCUT2D eigenvalue weighted by molar-refractivity contribution is 6.46. The predicted molar refractivity (Wildman–Crippen MR) is 96.3 cm³/mol. The van der Waals surface area contributed by atoms with Gasteiger partial charge >= 0.3 is 0 Å². The molecule has 0 spiro atoms. The molecular formula is C20H20N2O4. The van der Waals surface area contributed by atoms with Crippen LogP contribution in [0.2, 0.25) is 0 Å². The minimum Gasteiger partial charge on any atom is -0.507 e. The van der Waals surface area contributed by atoms with Crippen molar-refractivity contribution >= 4 is 17.4 Å². The fraction of sp³-hybridized carbons (Fsp3) is 0.250. The molecule has 26 heavy (non-hydrogen) atoms. The molecule has 0 saturated carbocycles. The summed E-state index contributed by atoms with van der Waals surface area (Å²) in [5.74, 6) is -1.57. The Morgan fingerprint density at radius 2 is 1.92 bits per heavy atom. The Bertz CT molecular complexity index is 844. The van der Waals surface area contributed by atoms with Crippen LogP contribution in [0.1, 0.15) is 22.9 Å². The van der Waals surface area contributed by atoms with Gasteiger partial charge in [0.1, 0.15) is 11.8 Å². The lowest BCUT2D eigenvalue weighted by Crippen LogP contribution is -2.33. The van der Waals surface area contributed by atoms with Gasteiger partial charge in [-0.3, -0.25) is 14.6 Å². The van der Waals surface area contributed by atoms with Crippen molar-refractivity contribution in [1.82, 2.24) is 9.88 Å². The quantitative estimate of drug-likeness (QED) is 0.508. The normalized spacial score (nSPS) is 19.2. The highest BCUT2D eigenvalue weighted by atomic mass is 16.5. The summed E-state index contributed by atoms with van der Waals surface area (Å²) in [7, 11) is 1.53. The molecule has 0 radical (unpaired) electrons. The number of pyridine rings is 1. The summed E-state index contributed by atoms with van der Waals surface area (Å²) in [5, 5.41) is 10.8. The highest BCUT2D eigenvalue weighted by Gasteiger charge is 2.46. The molecule has 134 valence electrons. The number of benzene rings is 1. The fourth-order valence-electron chi connectivity index (χ4n) is 3.01. The summed E-state index contributed by atoms with van der Waals surface area (Å²) in [4.78, 5) is 30.9. The molecule has 1 amide bonds. The van der Waals surface area contributed by atoms with Crippen LogP contribution < -0.4 is 0 Å². The van der Waals surface area contributed by atoms with E-state index >= 15 is 0 Å². The van der Waals surface area contributed by atoms with Crippen LogP contribution in [0, 0.1) is 6.92 Å². The first-order valence-electron chi connectivity index (χ1n) is 8.30. The molecule has 0 unspecified atom stereocenters. The summed E-state index contributed by atoms with van der Waals surface area (Å²) < 4.78 is 5.06. The lowest BCUT2D eigenvalue weighted by Gasteiger charge is -2.24. The Balaban J connectivity index is 2.14. The molecular weight excluding hydrogens is 332 g/mol. The van der Waals surface area contributed by atoms with Crippen LogP contribution >= 0.6 is 0 Å². The first-order valence-corrected chi connectivity index (χ1v) is 8.30. The van der Waals surface area contributed by atoms with Gasteiger partial charge in [0.05, 0.1) is 17.9 Å². The number of hydrogen-bond acceptors (Lipinski definition) is 5. The first kappa shape index (κ1) is 17.8. The van der Waals surface area contributed by atoms with Crippen LogP contribution in [0.3, 0.4) is 0 Å². The van der Waals surface area contributed by atoms with Crippen molar-refractivity contribution in [3.8, 4) is 0 Å². The van der Waals surface area contributed by atoms with Crippen molar-refractivity contribution in [2.75, 3.05) is 20.3 Å². The van der Waals surface area contributed by atoms with Crippen molar-refractivity contribution < 1.29 is 19.4 Å². The Hall–Kier alpha value is -2.99. The molecule has 6 nitrogen and oxygen atoms in total. The van der Waals surface area contributed by atoms with Gasteiger partial charge in [0, 0.05) is 25.4 Å². The van der Waals surface area contributed by atoms with E-state index in [4.69, 9.17) is 4.74 Å². The summed E-state index contributed by atoms with van der Waals surface area (Å²) in [6, 6.07) is 11.7. The van der Waals surface area contributed by atoms with Crippen molar-refractivity contribution in [1.29, 1.82) is 0 Å². The maximum atomic E-state index is 12.7. The Morgan fingerprint density at radius 3 is 2.54 bits per heavy atom. The molecule has 1 aromatic heterocycles. The molecule has 0 aliphatic carbocycles. The number of amides is 1. The van der Waals surface area contributed by atoms with E-state index in [0.29, 0.717) is 11.3 Å². The van der Waals surface area contributed by atoms with Crippen LogP contribution in [-0.4, -0.2) is 46.9 Å². The minimum atomic E-state index is -0.743. The number of hydrogen-bond donors (Lipinski definition) is 1. The third-order valence-electron chi connectivity index (χ3n) is 4.37. The highest BCUT2D eigenvalue weighted by Crippen LogP contribution is 2.38. The maximum Gasteiger partial charge on any atom is 0.295 e. The average Bonchev–Trinajstić information content (AvgIpc) is 2.91. The van der Waals surface area contributed by atoms with Crippen molar-refractivity contribution in [3.63, 3.8) is 0 Å². The molecule has 1 fully saturated rings. The number of Topliss-reactive ketones (excluding diaryl/α,β-unsaturated/α-hetero) is 1. The largest absolute Gasteiger partial charge is 0.507 e. The molecule has 1 aromatic carbocycles. The summed E-state index contributed by atoms with van der Waals surface area (Å²) >= 11 is 0. The lowest BCUT2D eigenvalue weighted by atomic mass is 9.98. The average molecular weight is 352 g/mol. The van der Waals surface area contributed by atoms with E-state index < -0.39 is 17.7 Å². The van der Waals surface area contributed by atoms with Crippen LogP contribution in [-0.2, 0) is 14.3 Å². The zero-order valence-corrected chi connectivity index (χ0v) is 14.7. The van der Waals surface area contributed by atoms with Crippen molar-refractivity contribution in [2.24, 2.45) is 0 Å². The Morgan fingerprint density at radius 1 is 1.19 bits per heavy atom. The van der Waals surface area contributed by atoms with Gasteiger partial charge in [0.25, 0.3) is 11.7 Å². The number of carbonyl (C=O) groups excluding carboxylic acids is 2. The molecule has 2 heterocycles. The smallest absolute Gasteiger partial charge is 0.295 e. The molecule has 6 heteroatoms. The van der Waals surface area contributed by atoms with E-state index in [-0.39, 0.29) is 24.5 Å². The molecule has 3 rings (SSSR count). The Kier molecular flexibility index (Phi) is 5.14. The van der Waals surface area contributed by atoms with E-state index in [1.54, 1.807) is 36.5 Å². The number of nitrogens with zero attached hydrogens (tertiary/aromatic N) is 2. The summed E-state index contributed by atoms with van der Waals surface area (Å²) in [5.41, 5.74) is 2.09. The first-order chi connectivity index (χ1) is 12.5. The van der Waals surface area contributed by atoms with E-state index in [1.165, 1.54) is 12.0 Å². The molecule has 0 bridgehead atoms. The number of methoxy groups -OCH3 is 1. The molecule has 1 aliphatic heterocycles. The third kappa shape index (κ3) is 3.23. The maximum absolute atomic E-state index is 12.7. The zero-order chi connectivity index (χ0) is 18.7.